The number of phenolic OH excluding ortho intramolecular Hbond substituents is 1. The molecule has 0 bridgehead atoms. The Balaban J connectivity index is 2.11. The molecule has 1 amide bonds. The zero-order valence-electron chi connectivity index (χ0n) is 10.2. The zero-order valence-corrected chi connectivity index (χ0v) is 10.2. The van der Waals surface area contributed by atoms with Gasteiger partial charge in [0, 0.05) is 6.54 Å². The van der Waals surface area contributed by atoms with E-state index in [0.29, 0.717) is 18.7 Å². The van der Waals surface area contributed by atoms with Crippen molar-refractivity contribution in [2.45, 2.75) is 18.9 Å². The highest BCUT2D eigenvalue weighted by Gasteiger charge is 2.44. The first-order chi connectivity index (χ1) is 8.61. The largest absolute Gasteiger partial charge is 0.508 e. The van der Waals surface area contributed by atoms with Gasteiger partial charge in [0.25, 0.3) is 5.91 Å². The lowest BCUT2D eigenvalue weighted by Crippen LogP contribution is -2.38. The maximum absolute atomic E-state index is 12.0. The van der Waals surface area contributed by atoms with Gasteiger partial charge in [0.2, 0.25) is 0 Å². The van der Waals surface area contributed by atoms with Crippen LogP contribution in [0.15, 0.2) is 35.4 Å². The van der Waals surface area contributed by atoms with Crippen LogP contribution in [0.2, 0.25) is 0 Å². The molecule has 0 aromatic heterocycles. The summed E-state index contributed by atoms with van der Waals surface area (Å²) in [6, 6.07) is 6.89. The summed E-state index contributed by atoms with van der Waals surface area (Å²) in [5.41, 5.74) is 1.84. The molecule has 94 valence electrons. The van der Waals surface area contributed by atoms with Crippen LogP contribution in [0.25, 0.3) is 0 Å². The minimum Gasteiger partial charge on any atom is -0.508 e. The summed E-state index contributed by atoms with van der Waals surface area (Å²) in [5, 5.41) is 12.4. The lowest BCUT2D eigenvalue weighted by atomic mass is 9.84. The smallest absolute Gasteiger partial charge is 0.250 e. The van der Waals surface area contributed by atoms with Crippen LogP contribution in [0, 0.1) is 0 Å². The molecule has 4 nitrogen and oxygen atoms in total. The molecule has 18 heavy (non-hydrogen) atoms. The number of hydrogen-bond donors (Lipinski definition) is 2. The highest BCUT2D eigenvalue weighted by molar-refractivity contribution is 5.97. The molecule has 1 atom stereocenters. The molecule has 0 saturated carbocycles. The Morgan fingerprint density at radius 3 is 3.06 bits per heavy atom. The summed E-state index contributed by atoms with van der Waals surface area (Å²) in [6.45, 7) is 3.06. The molecule has 2 N–H and O–H groups in total. The average Bonchev–Trinajstić information content (AvgIpc) is 2.70. The number of phenols is 1. The predicted octanol–water partition coefficient (Wildman–Crippen LogP) is 1.45. The molecule has 2 aliphatic rings. The van der Waals surface area contributed by atoms with Crippen LogP contribution >= 0.6 is 0 Å². The summed E-state index contributed by atoms with van der Waals surface area (Å²) in [6.07, 6.45) is 0.843. The van der Waals surface area contributed by atoms with Crippen molar-refractivity contribution in [3.8, 4) is 5.75 Å². The second-order valence-electron chi connectivity index (χ2n) is 4.86. The fourth-order valence-electron chi connectivity index (χ4n) is 2.73. The summed E-state index contributed by atoms with van der Waals surface area (Å²) >= 11 is 0. The van der Waals surface area contributed by atoms with Crippen LogP contribution in [-0.4, -0.2) is 24.2 Å². The average molecular weight is 245 g/mol. The van der Waals surface area contributed by atoms with Gasteiger partial charge in [-0.05, 0) is 36.6 Å². The van der Waals surface area contributed by atoms with Gasteiger partial charge in [-0.3, -0.25) is 4.79 Å². The van der Waals surface area contributed by atoms with Crippen molar-refractivity contribution in [3.63, 3.8) is 0 Å². The molecule has 2 heterocycles. The van der Waals surface area contributed by atoms with E-state index in [2.05, 4.69) is 5.32 Å². The Bertz CT molecular complexity index is 550. The number of aromatic hydroxyl groups is 1. The van der Waals surface area contributed by atoms with E-state index >= 15 is 0 Å². The first-order valence-corrected chi connectivity index (χ1v) is 6.05. The number of amides is 1. The van der Waals surface area contributed by atoms with E-state index in [4.69, 9.17) is 4.74 Å². The third-order valence-corrected chi connectivity index (χ3v) is 3.70. The Morgan fingerprint density at radius 2 is 2.28 bits per heavy atom. The van der Waals surface area contributed by atoms with E-state index < -0.39 is 5.60 Å². The van der Waals surface area contributed by atoms with Crippen molar-refractivity contribution in [1.29, 1.82) is 0 Å². The molecule has 0 fully saturated rings. The number of nitrogens with one attached hydrogen (secondary N) is 1. The normalized spacial score (nSPS) is 27.1. The standard InChI is InChI=1S/C14H15NO3/c1-14(10-3-2-4-11(16)7-10)12-9(8-18-14)5-6-15-13(12)17/h2-4,7,16H,5-6,8H2,1H3,(H,15,17). The van der Waals surface area contributed by atoms with Crippen LogP contribution < -0.4 is 5.32 Å². The Kier molecular flexibility index (Phi) is 2.41. The van der Waals surface area contributed by atoms with Gasteiger partial charge >= 0.3 is 0 Å². The lowest BCUT2D eigenvalue weighted by Gasteiger charge is -2.28. The van der Waals surface area contributed by atoms with Crippen molar-refractivity contribution < 1.29 is 14.6 Å². The first kappa shape index (κ1) is 11.3. The molecule has 0 saturated heterocycles. The summed E-state index contributed by atoms with van der Waals surface area (Å²) in [5.74, 6) is 0.127. The van der Waals surface area contributed by atoms with Gasteiger partial charge in [-0.15, -0.1) is 0 Å². The Labute approximate surface area is 105 Å². The second kappa shape index (κ2) is 3.85. The van der Waals surface area contributed by atoms with Crippen molar-refractivity contribution >= 4 is 5.91 Å². The third kappa shape index (κ3) is 1.53. The SMILES string of the molecule is CC1(c2cccc(O)c2)OCC2=C1C(=O)NCC2. The minimum atomic E-state index is -0.751. The van der Waals surface area contributed by atoms with Crippen LogP contribution in [0.4, 0.5) is 0 Å². The van der Waals surface area contributed by atoms with E-state index in [9.17, 15) is 9.90 Å². The number of rotatable bonds is 1. The molecule has 1 unspecified atom stereocenters. The molecule has 0 aliphatic carbocycles. The van der Waals surface area contributed by atoms with Crippen molar-refractivity contribution in [2.75, 3.05) is 13.2 Å². The van der Waals surface area contributed by atoms with E-state index in [0.717, 1.165) is 17.6 Å². The second-order valence-corrected chi connectivity index (χ2v) is 4.86. The molecule has 2 aliphatic heterocycles. The van der Waals surface area contributed by atoms with Gasteiger partial charge in [-0.2, -0.15) is 0 Å². The zero-order chi connectivity index (χ0) is 12.8. The van der Waals surface area contributed by atoms with E-state index in [1.54, 1.807) is 18.2 Å². The molecular formula is C14H15NO3. The molecule has 3 rings (SSSR count). The molecular weight excluding hydrogens is 230 g/mol. The molecule has 1 aromatic carbocycles. The molecule has 0 radical (unpaired) electrons. The minimum absolute atomic E-state index is 0.0559. The number of hydrogen-bond acceptors (Lipinski definition) is 3. The fourth-order valence-corrected chi connectivity index (χ4v) is 2.73. The summed E-state index contributed by atoms with van der Waals surface area (Å²) in [7, 11) is 0. The number of carbonyl (C=O) groups excluding carboxylic acids is 1. The maximum Gasteiger partial charge on any atom is 0.250 e. The predicted molar refractivity (Wildman–Crippen MR) is 66.1 cm³/mol. The third-order valence-electron chi connectivity index (χ3n) is 3.70. The number of ether oxygens (including phenoxy) is 1. The van der Waals surface area contributed by atoms with E-state index in [-0.39, 0.29) is 11.7 Å². The molecule has 1 aromatic rings. The number of carbonyl (C=O) groups is 1. The van der Waals surface area contributed by atoms with Gasteiger partial charge in [0.1, 0.15) is 11.4 Å². The van der Waals surface area contributed by atoms with Crippen molar-refractivity contribution in [2.24, 2.45) is 0 Å². The van der Waals surface area contributed by atoms with Crippen LogP contribution in [-0.2, 0) is 15.1 Å². The first-order valence-electron chi connectivity index (χ1n) is 6.05. The van der Waals surface area contributed by atoms with Crippen molar-refractivity contribution in [3.05, 3.63) is 41.0 Å². The summed E-state index contributed by atoms with van der Waals surface area (Å²) < 4.78 is 5.85. The summed E-state index contributed by atoms with van der Waals surface area (Å²) in [4.78, 5) is 12.0. The highest BCUT2D eigenvalue weighted by atomic mass is 16.5. The van der Waals surface area contributed by atoms with E-state index in [1.165, 1.54) is 0 Å². The maximum atomic E-state index is 12.0. The highest BCUT2D eigenvalue weighted by Crippen LogP contribution is 2.43. The Hall–Kier alpha value is -1.81. The van der Waals surface area contributed by atoms with Crippen LogP contribution in [0.1, 0.15) is 18.9 Å². The van der Waals surface area contributed by atoms with Crippen molar-refractivity contribution in [1.82, 2.24) is 5.32 Å². The van der Waals surface area contributed by atoms with Gasteiger partial charge in [-0.1, -0.05) is 12.1 Å². The monoisotopic (exact) mass is 245 g/mol. The molecule has 4 heteroatoms. The van der Waals surface area contributed by atoms with Crippen LogP contribution in [0.5, 0.6) is 5.75 Å². The molecule has 0 spiro atoms. The number of benzene rings is 1. The fraction of sp³-hybridized carbons (Fsp3) is 0.357. The Morgan fingerprint density at radius 1 is 1.44 bits per heavy atom. The van der Waals surface area contributed by atoms with Gasteiger partial charge in [0.05, 0.1) is 12.2 Å². The lowest BCUT2D eigenvalue weighted by molar-refractivity contribution is -0.119. The van der Waals surface area contributed by atoms with Gasteiger partial charge in [-0.25, -0.2) is 0 Å². The topological polar surface area (TPSA) is 58.6 Å². The van der Waals surface area contributed by atoms with Crippen LogP contribution in [0.3, 0.4) is 0 Å². The van der Waals surface area contributed by atoms with E-state index in [1.807, 2.05) is 13.0 Å². The quantitative estimate of drug-likeness (QED) is 0.787. The van der Waals surface area contributed by atoms with Gasteiger partial charge in [0.15, 0.2) is 0 Å². The van der Waals surface area contributed by atoms with Gasteiger partial charge < -0.3 is 15.2 Å².